The van der Waals surface area contributed by atoms with Crippen molar-refractivity contribution in [1.29, 1.82) is 0 Å². The summed E-state index contributed by atoms with van der Waals surface area (Å²) in [6, 6.07) is 12.2. The van der Waals surface area contributed by atoms with Gasteiger partial charge in [-0.3, -0.25) is 4.79 Å². The van der Waals surface area contributed by atoms with Crippen LogP contribution in [-0.2, 0) is 6.42 Å². The molecule has 0 unspecified atom stereocenters. The molecule has 106 valence electrons. The predicted molar refractivity (Wildman–Crippen MR) is 88.3 cm³/mol. The van der Waals surface area contributed by atoms with Gasteiger partial charge in [-0.1, -0.05) is 30.3 Å². The highest BCUT2D eigenvalue weighted by Gasteiger charge is 2.22. The van der Waals surface area contributed by atoms with Crippen molar-refractivity contribution in [3.05, 3.63) is 56.7 Å². The van der Waals surface area contributed by atoms with Crippen molar-refractivity contribution < 1.29 is 4.79 Å². The van der Waals surface area contributed by atoms with Crippen molar-refractivity contribution in [2.75, 3.05) is 0 Å². The molecule has 20 heavy (non-hydrogen) atoms. The van der Waals surface area contributed by atoms with Gasteiger partial charge in [0.05, 0.1) is 0 Å². The molecule has 0 aliphatic heterocycles. The largest absolute Gasteiger partial charge is 0.346 e. The third-order valence-corrected chi connectivity index (χ3v) is 4.99. The predicted octanol–water partition coefficient (Wildman–Crippen LogP) is 4.65. The van der Waals surface area contributed by atoms with Crippen LogP contribution in [0.4, 0.5) is 0 Å². The molecule has 0 aliphatic rings. The van der Waals surface area contributed by atoms with E-state index < -0.39 is 0 Å². The first kappa shape index (κ1) is 15.3. The summed E-state index contributed by atoms with van der Waals surface area (Å²) in [5.41, 5.74) is 1.07. The first-order valence-corrected chi connectivity index (χ1v) is 8.25. The van der Waals surface area contributed by atoms with Crippen molar-refractivity contribution in [2.45, 2.75) is 32.2 Å². The van der Waals surface area contributed by atoms with Gasteiger partial charge in [0.1, 0.15) is 4.88 Å². The number of benzene rings is 1. The van der Waals surface area contributed by atoms with Gasteiger partial charge in [-0.2, -0.15) is 0 Å². The van der Waals surface area contributed by atoms with Crippen LogP contribution in [0.5, 0.6) is 0 Å². The molecule has 2 nitrogen and oxygen atoms in total. The number of carbonyl (C=O) groups excluding carboxylic acids is 1. The zero-order valence-electron chi connectivity index (χ0n) is 11.7. The minimum absolute atomic E-state index is 0.00932. The highest BCUT2D eigenvalue weighted by atomic mass is 79.9. The first-order valence-electron chi connectivity index (χ1n) is 6.57. The molecule has 1 aromatic heterocycles. The molecule has 0 atom stereocenters. The molecule has 0 saturated heterocycles. The van der Waals surface area contributed by atoms with Crippen molar-refractivity contribution in [2.24, 2.45) is 0 Å². The van der Waals surface area contributed by atoms with Crippen LogP contribution in [0.15, 0.2) is 46.3 Å². The van der Waals surface area contributed by atoms with Gasteiger partial charge in [0.25, 0.3) is 5.91 Å². The second-order valence-electron chi connectivity index (χ2n) is 5.42. The van der Waals surface area contributed by atoms with Crippen molar-refractivity contribution >= 4 is 33.2 Å². The Kier molecular flexibility index (Phi) is 5.00. The lowest BCUT2D eigenvalue weighted by Gasteiger charge is -2.26. The molecule has 4 heteroatoms. The third kappa shape index (κ3) is 4.18. The Balaban J connectivity index is 1.94. The standard InChI is InChI=1S/C16H18BrNOS/c1-16(2,10-8-12-6-4-3-5-7-12)18-15(19)14-13(17)9-11-20-14/h3-7,9,11H,8,10H2,1-2H3,(H,18,19). The Labute approximate surface area is 132 Å². The lowest BCUT2D eigenvalue weighted by molar-refractivity contribution is 0.0913. The van der Waals surface area contributed by atoms with E-state index in [1.54, 1.807) is 0 Å². The number of hydrogen-bond acceptors (Lipinski definition) is 2. The molecule has 0 spiro atoms. The number of hydrogen-bond donors (Lipinski definition) is 1. The van der Waals surface area contributed by atoms with Crippen LogP contribution in [0.3, 0.4) is 0 Å². The number of carbonyl (C=O) groups is 1. The summed E-state index contributed by atoms with van der Waals surface area (Å²) in [6.45, 7) is 4.13. The minimum Gasteiger partial charge on any atom is -0.346 e. The van der Waals surface area contributed by atoms with E-state index in [-0.39, 0.29) is 11.4 Å². The summed E-state index contributed by atoms with van der Waals surface area (Å²) in [6.07, 6.45) is 1.87. The molecule has 0 fully saturated rings. The molecule has 1 aromatic carbocycles. The quantitative estimate of drug-likeness (QED) is 0.834. The molecule has 0 bridgehead atoms. The van der Waals surface area contributed by atoms with Gasteiger partial charge in [-0.25, -0.2) is 0 Å². The molecule has 1 heterocycles. The number of nitrogens with one attached hydrogen (secondary N) is 1. The highest BCUT2D eigenvalue weighted by Crippen LogP contribution is 2.23. The maximum atomic E-state index is 12.2. The summed E-state index contributed by atoms with van der Waals surface area (Å²) in [4.78, 5) is 13.0. The summed E-state index contributed by atoms with van der Waals surface area (Å²) in [5.74, 6) is -0.00932. The topological polar surface area (TPSA) is 29.1 Å². The fraction of sp³-hybridized carbons (Fsp3) is 0.312. The minimum atomic E-state index is -0.226. The summed E-state index contributed by atoms with van der Waals surface area (Å²) in [5, 5.41) is 5.02. The van der Waals surface area contributed by atoms with Crippen molar-refractivity contribution in [3.63, 3.8) is 0 Å². The van der Waals surface area contributed by atoms with E-state index in [9.17, 15) is 4.79 Å². The van der Waals surface area contributed by atoms with E-state index in [1.165, 1.54) is 16.9 Å². The van der Waals surface area contributed by atoms with Crippen LogP contribution in [0.25, 0.3) is 0 Å². The van der Waals surface area contributed by atoms with Crippen LogP contribution in [0.1, 0.15) is 35.5 Å². The van der Waals surface area contributed by atoms with E-state index in [0.29, 0.717) is 0 Å². The second kappa shape index (κ2) is 6.55. The van der Waals surface area contributed by atoms with Crippen LogP contribution >= 0.6 is 27.3 Å². The highest BCUT2D eigenvalue weighted by molar-refractivity contribution is 9.10. The van der Waals surface area contributed by atoms with E-state index in [2.05, 4.69) is 47.2 Å². The Hall–Kier alpha value is -1.13. The molecule has 0 saturated carbocycles. The van der Waals surface area contributed by atoms with Gasteiger partial charge >= 0.3 is 0 Å². The number of aryl methyl sites for hydroxylation is 1. The van der Waals surface area contributed by atoms with Crippen molar-refractivity contribution in [1.82, 2.24) is 5.32 Å². The maximum absolute atomic E-state index is 12.2. The SMILES string of the molecule is CC(C)(CCc1ccccc1)NC(=O)c1sccc1Br. The molecule has 0 aliphatic carbocycles. The Morgan fingerprint density at radius 1 is 1.25 bits per heavy atom. The van der Waals surface area contributed by atoms with Crippen LogP contribution < -0.4 is 5.32 Å². The molecular weight excluding hydrogens is 334 g/mol. The lowest BCUT2D eigenvalue weighted by Crippen LogP contribution is -2.43. The summed E-state index contributed by atoms with van der Waals surface area (Å²) in [7, 11) is 0. The first-order chi connectivity index (χ1) is 9.48. The number of thiophene rings is 1. The van der Waals surface area contributed by atoms with E-state index >= 15 is 0 Å². The average molecular weight is 352 g/mol. The number of amides is 1. The molecular formula is C16H18BrNOS. The van der Waals surface area contributed by atoms with E-state index in [1.807, 2.05) is 29.6 Å². The molecule has 1 N–H and O–H groups in total. The lowest BCUT2D eigenvalue weighted by atomic mass is 9.95. The van der Waals surface area contributed by atoms with E-state index in [0.717, 1.165) is 22.2 Å². The normalized spacial score (nSPS) is 11.3. The second-order valence-corrected chi connectivity index (χ2v) is 7.19. The molecule has 0 radical (unpaired) electrons. The monoisotopic (exact) mass is 351 g/mol. The van der Waals surface area contributed by atoms with Gasteiger partial charge < -0.3 is 5.32 Å². The van der Waals surface area contributed by atoms with Gasteiger partial charge in [0.2, 0.25) is 0 Å². The zero-order valence-corrected chi connectivity index (χ0v) is 14.1. The number of rotatable bonds is 5. The van der Waals surface area contributed by atoms with Gasteiger partial charge in [-0.15, -0.1) is 11.3 Å². The summed E-state index contributed by atoms with van der Waals surface area (Å²) < 4.78 is 0.860. The fourth-order valence-corrected chi connectivity index (χ4v) is 3.43. The number of halogens is 1. The fourth-order valence-electron chi connectivity index (χ4n) is 1.98. The van der Waals surface area contributed by atoms with E-state index in [4.69, 9.17) is 0 Å². The van der Waals surface area contributed by atoms with Crippen LogP contribution in [-0.4, -0.2) is 11.4 Å². The maximum Gasteiger partial charge on any atom is 0.262 e. The summed E-state index contributed by atoms with van der Waals surface area (Å²) >= 11 is 4.85. The molecule has 2 aromatic rings. The third-order valence-electron chi connectivity index (χ3n) is 3.16. The van der Waals surface area contributed by atoms with Crippen molar-refractivity contribution in [3.8, 4) is 0 Å². The van der Waals surface area contributed by atoms with Gasteiger partial charge in [0.15, 0.2) is 0 Å². The Morgan fingerprint density at radius 2 is 1.95 bits per heavy atom. The zero-order chi connectivity index (χ0) is 14.6. The molecule has 1 amide bonds. The Bertz CT molecular complexity index is 577. The smallest absolute Gasteiger partial charge is 0.262 e. The average Bonchev–Trinajstić information content (AvgIpc) is 2.84. The van der Waals surface area contributed by atoms with Crippen LogP contribution in [0, 0.1) is 0 Å². The Morgan fingerprint density at radius 3 is 2.55 bits per heavy atom. The van der Waals surface area contributed by atoms with Gasteiger partial charge in [-0.05, 0) is 59.6 Å². The van der Waals surface area contributed by atoms with Gasteiger partial charge in [0, 0.05) is 10.0 Å². The molecule has 2 rings (SSSR count). The van der Waals surface area contributed by atoms with Crippen LogP contribution in [0.2, 0.25) is 0 Å².